The van der Waals surface area contributed by atoms with Gasteiger partial charge in [-0.25, -0.2) is 19.7 Å². The largest absolute Gasteiger partial charge is 0.444 e. The number of pyridine rings is 2. The Kier molecular flexibility index (Phi) is 6.26. The van der Waals surface area contributed by atoms with E-state index in [1.165, 1.54) is 0 Å². The average Bonchev–Trinajstić information content (AvgIpc) is 3.31. The standard InChI is InChI=1S/C30H35N7O2/c1-19(35-17-22-13-12-21(35)18-36(22)29(38)39-30(2,3)4)37-27(23-11-8-16-32-26(23)31)34-25-15-14-24(33-28(25)37)20-9-6-5-7-10-20/h5-11,14-16,19,21-22H,12-13,17-18H2,1-4H3,(H2,31,32). The predicted octanol–water partition coefficient (Wildman–Crippen LogP) is 5.34. The van der Waals surface area contributed by atoms with Crippen LogP contribution in [-0.2, 0) is 4.74 Å². The third kappa shape index (κ3) is 4.71. The lowest BCUT2D eigenvalue weighted by atomic mass is 9.90. The number of piperidine rings is 2. The number of nitrogens with zero attached hydrogens (tertiary/aromatic N) is 6. The number of fused-ring (bicyclic) bond motifs is 4. The van der Waals surface area contributed by atoms with Crippen molar-refractivity contribution in [2.24, 2.45) is 0 Å². The van der Waals surface area contributed by atoms with E-state index in [0.717, 1.165) is 53.2 Å². The van der Waals surface area contributed by atoms with E-state index in [1.54, 1.807) is 6.20 Å². The smallest absolute Gasteiger partial charge is 0.410 e. The van der Waals surface area contributed by atoms with Gasteiger partial charge in [0.05, 0.1) is 17.4 Å². The van der Waals surface area contributed by atoms with Crippen molar-refractivity contribution in [1.29, 1.82) is 0 Å². The topological polar surface area (TPSA) is 102 Å². The zero-order valence-electron chi connectivity index (χ0n) is 22.9. The zero-order chi connectivity index (χ0) is 27.3. The van der Waals surface area contributed by atoms with Gasteiger partial charge < -0.3 is 15.4 Å². The van der Waals surface area contributed by atoms with Crippen LogP contribution in [0.15, 0.2) is 60.8 Å². The van der Waals surface area contributed by atoms with Gasteiger partial charge in [-0.3, -0.25) is 9.47 Å². The minimum atomic E-state index is -0.517. The Balaban J connectivity index is 1.40. The van der Waals surface area contributed by atoms with Gasteiger partial charge in [0.15, 0.2) is 5.65 Å². The van der Waals surface area contributed by atoms with Gasteiger partial charge in [0.1, 0.15) is 22.8 Å². The summed E-state index contributed by atoms with van der Waals surface area (Å²) >= 11 is 0. The molecule has 7 rings (SSSR count). The number of ether oxygens (including phenoxy) is 1. The molecule has 0 saturated carbocycles. The predicted molar refractivity (Wildman–Crippen MR) is 152 cm³/mol. The fraction of sp³-hybridized carbons (Fsp3) is 0.400. The Bertz CT molecular complexity index is 1510. The van der Waals surface area contributed by atoms with Crippen LogP contribution in [0.5, 0.6) is 0 Å². The van der Waals surface area contributed by atoms with E-state index in [0.29, 0.717) is 12.4 Å². The van der Waals surface area contributed by atoms with Crippen molar-refractivity contribution in [2.75, 3.05) is 18.8 Å². The van der Waals surface area contributed by atoms with Crippen molar-refractivity contribution in [3.63, 3.8) is 0 Å². The van der Waals surface area contributed by atoms with Crippen LogP contribution in [0.25, 0.3) is 33.8 Å². The van der Waals surface area contributed by atoms with Crippen molar-refractivity contribution in [3.05, 3.63) is 60.8 Å². The lowest BCUT2D eigenvalue weighted by molar-refractivity contribution is -0.0630. The second kappa shape index (κ2) is 9.64. The van der Waals surface area contributed by atoms with Gasteiger partial charge in [-0.1, -0.05) is 30.3 Å². The molecule has 2 bridgehead atoms. The number of hydrogen-bond acceptors (Lipinski definition) is 7. The molecule has 202 valence electrons. The highest BCUT2D eigenvalue weighted by atomic mass is 16.6. The van der Waals surface area contributed by atoms with Crippen LogP contribution < -0.4 is 5.73 Å². The molecule has 3 aliphatic rings. The minimum Gasteiger partial charge on any atom is -0.444 e. The number of benzene rings is 1. The average molecular weight is 526 g/mol. The molecule has 3 unspecified atom stereocenters. The molecular weight excluding hydrogens is 490 g/mol. The third-order valence-electron chi connectivity index (χ3n) is 7.74. The minimum absolute atomic E-state index is 0.0725. The molecule has 0 aliphatic carbocycles. The molecule has 3 saturated heterocycles. The molecule has 3 fully saturated rings. The van der Waals surface area contributed by atoms with Gasteiger partial charge in [-0.05, 0) is 64.8 Å². The molecule has 1 amide bonds. The number of aromatic nitrogens is 4. The molecular formula is C30H35N7O2. The number of piperazine rings is 1. The molecule has 9 nitrogen and oxygen atoms in total. The fourth-order valence-electron chi connectivity index (χ4n) is 5.91. The first kappa shape index (κ1) is 25.3. The van der Waals surface area contributed by atoms with Crippen LogP contribution in [0.4, 0.5) is 10.6 Å². The molecule has 6 heterocycles. The number of nitrogen functional groups attached to an aromatic ring is 1. The Morgan fingerprint density at radius 2 is 1.77 bits per heavy atom. The van der Waals surface area contributed by atoms with Gasteiger partial charge in [0.2, 0.25) is 0 Å². The molecule has 4 aromatic rings. The first-order valence-corrected chi connectivity index (χ1v) is 13.6. The van der Waals surface area contributed by atoms with Crippen LogP contribution in [0, 0.1) is 0 Å². The summed E-state index contributed by atoms with van der Waals surface area (Å²) < 4.78 is 7.91. The highest BCUT2D eigenvalue weighted by Gasteiger charge is 2.44. The Morgan fingerprint density at radius 1 is 1.00 bits per heavy atom. The van der Waals surface area contributed by atoms with Crippen molar-refractivity contribution in [1.82, 2.24) is 29.3 Å². The molecule has 2 N–H and O–H groups in total. The highest BCUT2D eigenvalue weighted by Crippen LogP contribution is 2.38. The summed E-state index contributed by atoms with van der Waals surface area (Å²) in [6.45, 7) is 9.32. The maximum atomic E-state index is 13.0. The number of amides is 1. The molecule has 3 atom stereocenters. The molecule has 9 heteroatoms. The lowest BCUT2D eigenvalue weighted by Gasteiger charge is -2.53. The number of carbonyl (C=O) groups is 1. The summed E-state index contributed by atoms with van der Waals surface area (Å²) in [5, 5.41) is 0. The van der Waals surface area contributed by atoms with Gasteiger partial charge in [0.25, 0.3) is 0 Å². The summed E-state index contributed by atoms with van der Waals surface area (Å²) in [5.41, 5.74) is 10.1. The highest BCUT2D eigenvalue weighted by molar-refractivity contribution is 5.82. The summed E-state index contributed by atoms with van der Waals surface area (Å²) in [6, 6.07) is 18.3. The molecule has 3 aromatic heterocycles. The zero-order valence-corrected chi connectivity index (χ0v) is 22.9. The van der Waals surface area contributed by atoms with E-state index in [9.17, 15) is 4.79 Å². The van der Waals surface area contributed by atoms with E-state index in [1.807, 2.05) is 68.1 Å². The van der Waals surface area contributed by atoms with E-state index < -0.39 is 5.60 Å². The quantitative estimate of drug-likeness (QED) is 0.383. The number of hydrogen-bond donors (Lipinski definition) is 1. The van der Waals surface area contributed by atoms with Gasteiger partial charge in [-0.2, -0.15) is 0 Å². The molecule has 39 heavy (non-hydrogen) atoms. The molecule has 3 aliphatic heterocycles. The second-order valence-corrected chi connectivity index (χ2v) is 11.5. The SMILES string of the molecule is CC(N1CC2CCC1CN2C(=O)OC(C)(C)C)n1c(-c2cccnc2N)nc2ccc(-c3ccccc3)nc21. The summed E-state index contributed by atoms with van der Waals surface area (Å²) in [6.07, 6.45) is 3.38. The fourth-order valence-corrected chi connectivity index (χ4v) is 5.91. The lowest BCUT2D eigenvalue weighted by Crippen LogP contribution is -2.65. The van der Waals surface area contributed by atoms with Crippen molar-refractivity contribution >= 4 is 23.1 Å². The summed E-state index contributed by atoms with van der Waals surface area (Å²) in [4.78, 5) is 31.8. The second-order valence-electron chi connectivity index (χ2n) is 11.5. The molecule has 1 aromatic carbocycles. The first-order chi connectivity index (χ1) is 18.7. The van der Waals surface area contributed by atoms with E-state index in [4.69, 9.17) is 20.4 Å². The van der Waals surface area contributed by atoms with Crippen LogP contribution in [0.2, 0.25) is 0 Å². The molecule has 0 spiro atoms. The van der Waals surface area contributed by atoms with E-state index in [2.05, 4.69) is 33.5 Å². The Morgan fingerprint density at radius 3 is 2.46 bits per heavy atom. The number of imidazole rings is 1. The van der Waals surface area contributed by atoms with E-state index in [-0.39, 0.29) is 24.3 Å². The monoisotopic (exact) mass is 525 g/mol. The van der Waals surface area contributed by atoms with Gasteiger partial charge >= 0.3 is 6.09 Å². The third-order valence-corrected chi connectivity index (χ3v) is 7.74. The normalized spacial score (nSPS) is 20.4. The van der Waals surface area contributed by atoms with E-state index >= 15 is 0 Å². The van der Waals surface area contributed by atoms with Gasteiger partial charge in [-0.15, -0.1) is 0 Å². The number of nitrogens with two attached hydrogens (primary N) is 1. The molecule has 0 radical (unpaired) electrons. The van der Waals surface area contributed by atoms with Crippen molar-refractivity contribution in [3.8, 4) is 22.6 Å². The van der Waals surface area contributed by atoms with Crippen LogP contribution in [0.3, 0.4) is 0 Å². The number of anilines is 1. The summed E-state index contributed by atoms with van der Waals surface area (Å²) in [7, 11) is 0. The van der Waals surface area contributed by atoms with Crippen LogP contribution >= 0.6 is 0 Å². The van der Waals surface area contributed by atoms with Gasteiger partial charge in [0, 0.05) is 36.9 Å². The maximum Gasteiger partial charge on any atom is 0.410 e. The first-order valence-electron chi connectivity index (χ1n) is 13.6. The Labute approximate surface area is 228 Å². The Hall–Kier alpha value is -3.98. The summed E-state index contributed by atoms with van der Waals surface area (Å²) in [5.74, 6) is 1.17. The van der Waals surface area contributed by atoms with Crippen molar-refractivity contribution in [2.45, 2.75) is 64.4 Å². The van der Waals surface area contributed by atoms with Crippen LogP contribution in [0.1, 0.15) is 46.7 Å². The van der Waals surface area contributed by atoms with Crippen LogP contribution in [-0.4, -0.2) is 66.2 Å². The van der Waals surface area contributed by atoms with Crippen molar-refractivity contribution < 1.29 is 9.53 Å². The maximum absolute atomic E-state index is 13.0. The number of rotatable bonds is 4. The number of carbonyl (C=O) groups excluding carboxylic acids is 1.